The van der Waals surface area contributed by atoms with Crippen LogP contribution < -0.4 is 0 Å². The van der Waals surface area contributed by atoms with E-state index >= 15 is 0 Å². The third-order valence-corrected chi connectivity index (χ3v) is 2.38. The first-order valence-electron chi connectivity index (χ1n) is 2.81. The van der Waals surface area contributed by atoms with E-state index in [1.54, 1.807) is 0 Å². The van der Waals surface area contributed by atoms with E-state index in [4.69, 9.17) is 32.9 Å². The molecule has 13 heavy (non-hydrogen) atoms. The molecule has 0 aliphatic rings. The van der Waals surface area contributed by atoms with Crippen LogP contribution in [-0.2, 0) is 11.1 Å². The Bertz CT molecular complexity index is 345. The fourth-order valence-electron chi connectivity index (χ4n) is 0.675. The summed E-state index contributed by atoms with van der Waals surface area (Å²) >= 11 is 8.73. The van der Waals surface area contributed by atoms with Crippen LogP contribution in [0.4, 0.5) is 0 Å². The number of halogens is 2. The number of benzene rings is 1. The molecule has 7 heteroatoms. The topological polar surface area (TPSA) is 57.5 Å². The molecule has 0 bridgehead atoms. The average Bonchev–Trinajstić information content (AvgIpc) is 1.96. The Morgan fingerprint density at radius 3 is 2.31 bits per heavy atom. The van der Waals surface area contributed by atoms with E-state index in [-0.39, 0.29) is 66.3 Å². The van der Waals surface area contributed by atoms with E-state index in [2.05, 4.69) is 0 Å². The number of hydrogen-bond donors (Lipinski definition) is 2. The summed E-state index contributed by atoms with van der Waals surface area (Å²) in [5.74, 6) is -0.415. The van der Waals surface area contributed by atoms with Gasteiger partial charge in [0.2, 0.25) is 0 Å². The number of phenols is 1. The summed E-state index contributed by atoms with van der Waals surface area (Å²) in [7, 11) is 0. The van der Waals surface area contributed by atoms with Crippen molar-refractivity contribution in [2.75, 3.05) is 0 Å². The molecule has 2 N–H and O–H groups in total. The summed E-state index contributed by atoms with van der Waals surface area (Å²) in [5, 5.41) is 9.31. The van der Waals surface area contributed by atoms with Gasteiger partial charge in [0, 0.05) is 5.02 Å². The predicted octanol–water partition coefficient (Wildman–Crippen LogP) is 1.63. The van der Waals surface area contributed by atoms with Gasteiger partial charge in [0.05, 0.1) is 5.02 Å². The van der Waals surface area contributed by atoms with Gasteiger partial charge in [0.1, 0.15) is 4.90 Å². The number of hydrogen-bond acceptors (Lipinski definition) is 2. The third-order valence-electron chi connectivity index (χ3n) is 1.18. The van der Waals surface area contributed by atoms with Crippen LogP contribution in [0.3, 0.4) is 0 Å². The summed E-state index contributed by atoms with van der Waals surface area (Å²) in [6, 6.07) is 2.47. The summed E-state index contributed by atoms with van der Waals surface area (Å²) < 4.78 is 19.2. The van der Waals surface area contributed by atoms with Crippen LogP contribution in [-0.4, -0.2) is 65.3 Å². The van der Waals surface area contributed by atoms with Crippen LogP contribution >= 0.6 is 23.2 Å². The standard InChI is InChI=1S/C6H4Cl2O3S.K.H/c7-3-1-4(8)6(9)5(2-3)12(10)11;;/h1-2,9H,(H,10,11);;. The summed E-state index contributed by atoms with van der Waals surface area (Å²) in [6.45, 7) is 0. The van der Waals surface area contributed by atoms with E-state index in [1.165, 1.54) is 12.1 Å². The summed E-state index contributed by atoms with van der Waals surface area (Å²) in [6.07, 6.45) is 0. The van der Waals surface area contributed by atoms with Crippen molar-refractivity contribution in [2.24, 2.45) is 0 Å². The van der Waals surface area contributed by atoms with E-state index in [9.17, 15) is 4.21 Å². The maximum absolute atomic E-state index is 10.6. The fraction of sp³-hybridized carbons (Fsp3) is 0. The molecule has 1 rings (SSSR count). The van der Waals surface area contributed by atoms with Gasteiger partial charge in [0.15, 0.2) is 16.8 Å². The normalized spacial score (nSPS) is 11.9. The Morgan fingerprint density at radius 1 is 1.31 bits per heavy atom. The maximum atomic E-state index is 10.6. The number of phenolic OH excluding ortho intramolecular Hbond substituents is 1. The van der Waals surface area contributed by atoms with Gasteiger partial charge < -0.3 is 9.66 Å². The zero-order chi connectivity index (χ0) is 9.30. The van der Waals surface area contributed by atoms with E-state index in [0.717, 1.165) is 0 Å². The van der Waals surface area contributed by atoms with Gasteiger partial charge in [-0.05, 0) is 12.1 Å². The minimum atomic E-state index is -2.28. The van der Waals surface area contributed by atoms with Crippen molar-refractivity contribution in [3.63, 3.8) is 0 Å². The van der Waals surface area contributed by atoms with Crippen LogP contribution in [0.15, 0.2) is 17.0 Å². The fourth-order valence-corrected chi connectivity index (χ4v) is 1.79. The molecule has 0 fully saturated rings. The van der Waals surface area contributed by atoms with Gasteiger partial charge in [-0.15, -0.1) is 0 Å². The molecule has 3 nitrogen and oxygen atoms in total. The predicted molar refractivity (Wildman–Crippen MR) is 54.3 cm³/mol. The molecule has 1 aromatic carbocycles. The molecule has 0 aliphatic heterocycles. The zero-order valence-corrected chi connectivity index (χ0v) is 7.95. The van der Waals surface area contributed by atoms with Crippen LogP contribution in [0.2, 0.25) is 10.0 Å². The molecular weight excluding hydrogens is 262 g/mol. The molecule has 0 saturated carbocycles. The molecule has 1 unspecified atom stereocenters. The van der Waals surface area contributed by atoms with E-state index < -0.39 is 16.8 Å². The van der Waals surface area contributed by atoms with Gasteiger partial charge in [-0.3, -0.25) is 0 Å². The number of aromatic hydroxyl groups is 1. The Hall–Kier alpha value is 1.35. The zero-order valence-electron chi connectivity index (χ0n) is 5.62. The molecule has 0 saturated heterocycles. The quantitative estimate of drug-likeness (QED) is 0.600. The van der Waals surface area contributed by atoms with Crippen LogP contribution in [0.25, 0.3) is 0 Å². The van der Waals surface area contributed by atoms with E-state index in [0.29, 0.717) is 0 Å². The molecule has 0 heterocycles. The van der Waals surface area contributed by atoms with Crippen molar-refractivity contribution >= 4 is 85.7 Å². The monoisotopic (exact) mass is 266 g/mol. The van der Waals surface area contributed by atoms with Crippen molar-refractivity contribution in [3.05, 3.63) is 22.2 Å². The Kier molecular flexibility index (Phi) is 6.67. The molecule has 1 atom stereocenters. The Balaban J connectivity index is 0.00000144. The Labute approximate surface area is 130 Å². The van der Waals surface area contributed by atoms with Crippen molar-refractivity contribution in [3.8, 4) is 5.75 Å². The number of rotatable bonds is 1. The Morgan fingerprint density at radius 2 is 1.85 bits per heavy atom. The molecule has 68 valence electrons. The second-order valence-electron chi connectivity index (χ2n) is 1.98. The van der Waals surface area contributed by atoms with Gasteiger partial charge in [-0.25, -0.2) is 4.21 Å². The van der Waals surface area contributed by atoms with Crippen molar-refractivity contribution in [1.29, 1.82) is 0 Å². The molecule has 0 radical (unpaired) electrons. The summed E-state index contributed by atoms with van der Waals surface area (Å²) in [5.41, 5.74) is 0. The molecule has 0 amide bonds. The van der Waals surface area contributed by atoms with Crippen molar-refractivity contribution in [1.82, 2.24) is 0 Å². The molecular formula is C6H5Cl2KO3S. The molecule has 1 aromatic rings. The van der Waals surface area contributed by atoms with Crippen molar-refractivity contribution in [2.45, 2.75) is 4.90 Å². The molecule has 0 spiro atoms. The molecule has 0 aromatic heterocycles. The third kappa shape index (κ3) is 3.77. The van der Waals surface area contributed by atoms with Crippen LogP contribution in [0.1, 0.15) is 0 Å². The van der Waals surface area contributed by atoms with Gasteiger partial charge in [-0.1, -0.05) is 23.2 Å². The van der Waals surface area contributed by atoms with Gasteiger partial charge in [-0.2, -0.15) is 0 Å². The SMILES string of the molecule is O=S(O)c1cc(Cl)cc(Cl)c1O.[KH]. The minimum absolute atomic E-state index is 0. The van der Waals surface area contributed by atoms with Gasteiger partial charge >= 0.3 is 51.4 Å². The van der Waals surface area contributed by atoms with Gasteiger partial charge in [0.25, 0.3) is 0 Å². The first kappa shape index (κ1) is 14.3. The van der Waals surface area contributed by atoms with Crippen LogP contribution in [0, 0.1) is 0 Å². The first-order valence-corrected chi connectivity index (χ1v) is 4.67. The van der Waals surface area contributed by atoms with E-state index in [1.807, 2.05) is 0 Å². The second kappa shape index (κ2) is 6.04. The van der Waals surface area contributed by atoms with Crippen LogP contribution in [0.5, 0.6) is 5.75 Å². The van der Waals surface area contributed by atoms with Crippen molar-refractivity contribution < 1.29 is 13.9 Å². The average molecular weight is 267 g/mol. The molecule has 0 aliphatic carbocycles. The first-order chi connectivity index (χ1) is 5.52. The summed E-state index contributed by atoms with van der Waals surface area (Å²) in [4.78, 5) is -0.187. The second-order valence-corrected chi connectivity index (χ2v) is 3.77.